The van der Waals surface area contributed by atoms with Gasteiger partial charge >= 0.3 is 0 Å². The van der Waals surface area contributed by atoms with Gasteiger partial charge in [-0.3, -0.25) is 0 Å². The fourth-order valence-electron chi connectivity index (χ4n) is 5.48. The Kier molecular flexibility index (Phi) is 10.0. The van der Waals surface area contributed by atoms with Gasteiger partial charge in [0.25, 0.3) is 0 Å². The van der Waals surface area contributed by atoms with E-state index in [4.69, 9.17) is 4.74 Å². The molecule has 1 fully saturated rings. The van der Waals surface area contributed by atoms with Gasteiger partial charge in [0.2, 0.25) is 0 Å². The second-order valence-electron chi connectivity index (χ2n) is 10.5. The van der Waals surface area contributed by atoms with Crippen LogP contribution in [0.3, 0.4) is 0 Å². The SMILES string of the molecule is CCCCCCCc1ccc(-c2ccc(-c3ccc(C4CCC(CCC)CO4)c(F)c3F)cc2)c(F)c1F. The third kappa shape index (κ3) is 6.48. The van der Waals surface area contributed by atoms with E-state index in [2.05, 4.69) is 13.8 Å². The van der Waals surface area contributed by atoms with Crippen molar-refractivity contribution in [3.63, 3.8) is 0 Å². The van der Waals surface area contributed by atoms with Crippen LogP contribution in [0.4, 0.5) is 17.6 Å². The smallest absolute Gasteiger partial charge is 0.167 e. The van der Waals surface area contributed by atoms with Crippen LogP contribution in [0.25, 0.3) is 22.3 Å². The van der Waals surface area contributed by atoms with Gasteiger partial charge in [-0.15, -0.1) is 0 Å². The lowest BCUT2D eigenvalue weighted by atomic mass is 9.90. The Labute approximate surface area is 224 Å². The number of aryl methyl sites for hydroxylation is 1. The van der Waals surface area contributed by atoms with E-state index in [0.717, 1.165) is 51.4 Å². The van der Waals surface area contributed by atoms with E-state index in [0.29, 0.717) is 42.1 Å². The standard InChI is InChI=1S/C33H38F4O/c1-3-5-6-7-8-10-25-16-17-26(31(35)30(25)34)23-12-14-24(15-13-23)27-18-19-28(33(37)32(27)36)29-20-11-22(9-4-2)21-38-29/h12-19,22,29H,3-11,20-21H2,1-2H3. The Morgan fingerprint density at radius 2 is 1.29 bits per heavy atom. The Bertz CT molecular complexity index is 1200. The second-order valence-corrected chi connectivity index (χ2v) is 10.5. The maximum Gasteiger partial charge on any atom is 0.167 e. The summed E-state index contributed by atoms with van der Waals surface area (Å²) in [6.45, 7) is 4.84. The molecule has 2 unspecified atom stereocenters. The summed E-state index contributed by atoms with van der Waals surface area (Å²) in [7, 11) is 0. The minimum Gasteiger partial charge on any atom is -0.373 e. The number of unbranched alkanes of at least 4 members (excludes halogenated alkanes) is 4. The first kappa shape index (κ1) is 28.4. The molecule has 0 bridgehead atoms. The normalized spacial score (nSPS) is 17.6. The number of hydrogen-bond donors (Lipinski definition) is 0. The second kappa shape index (κ2) is 13.4. The molecule has 204 valence electrons. The number of halogens is 4. The van der Waals surface area contributed by atoms with Gasteiger partial charge in [-0.2, -0.15) is 0 Å². The summed E-state index contributed by atoms with van der Waals surface area (Å²) in [6.07, 6.45) is 9.09. The van der Waals surface area contributed by atoms with Crippen LogP contribution in [0.1, 0.15) is 88.9 Å². The van der Waals surface area contributed by atoms with Crippen LogP contribution in [-0.4, -0.2) is 6.61 Å². The average Bonchev–Trinajstić information content (AvgIpc) is 2.93. The number of rotatable bonds is 11. The molecule has 3 aromatic rings. The highest BCUT2D eigenvalue weighted by atomic mass is 19.2. The summed E-state index contributed by atoms with van der Waals surface area (Å²) >= 11 is 0. The van der Waals surface area contributed by atoms with Gasteiger partial charge in [-0.1, -0.05) is 94.5 Å². The molecule has 1 nitrogen and oxygen atoms in total. The van der Waals surface area contributed by atoms with Crippen molar-refractivity contribution in [2.24, 2.45) is 5.92 Å². The molecular weight excluding hydrogens is 488 g/mol. The summed E-state index contributed by atoms with van der Waals surface area (Å²) in [4.78, 5) is 0. The van der Waals surface area contributed by atoms with Crippen LogP contribution in [0.5, 0.6) is 0 Å². The molecule has 0 amide bonds. The minimum absolute atomic E-state index is 0.127. The molecule has 1 saturated heterocycles. The fraction of sp³-hybridized carbons (Fsp3) is 0.455. The molecule has 1 aliphatic rings. The van der Waals surface area contributed by atoms with Crippen molar-refractivity contribution in [3.05, 3.63) is 82.9 Å². The molecular formula is C33H38F4O. The molecule has 0 aromatic heterocycles. The molecule has 0 N–H and O–H groups in total. The maximum atomic E-state index is 15.1. The molecule has 5 heteroatoms. The predicted molar refractivity (Wildman–Crippen MR) is 146 cm³/mol. The van der Waals surface area contributed by atoms with Crippen molar-refractivity contribution in [3.8, 4) is 22.3 Å². The van der Waals surface area contributed by atoms with E-state index in [1.165, 1.54) is 0 Å². The zero-order valence-corrected chi connectivity index (χ0v) is 22.5. The van der Waals surface area contributed by atoms with Crippen molar-refractivity contribution < 1.29 is 22.3 Å². The first-order valence-electron chi connectivity index (χ1n) is 14.1. The lowest BCUT2D eigenvalue weighted by Gasteiger charge is -2.29. The van der Waals surface area contributed by atoms with Gasteiger partial charge in [0.15, 0.2) is 23.3 Å². The number of ether oxygens (including phenoxy) is 1. The zero-order chi connectivity index (χ0) is 27.1. The highest BCUT2D eigenvalue weighted by Crippen LogP contribution is 2.37. The molecule has 1 heterocycles. The van der Waals surface area contributed by atoms with E-state index in [9.17, 15) is 8.78 Å². The summed E-state index contributed by atoms with van der Waals surface area (Å²) in [5.41, 5.74) is 1.87. The summed E-state index contributed by atoms with van der Waals surface area (Å²) in [6, 6.07) is 12.9. The van der Waals surface area contributed by atoms with E-state index in [1.807, 2.05) is 0 Å². The van der Waals surface area contributed by atoms with Gasteiger partial charge < -0.3 is 4.74 Å². The fourth-order valence-corrected chi connectivity index (χ4v) is 5.48. The van der Waals surface area contributed by atoms with Gasteiger partial charge in [0, 0.05) is 16.7 Å². The van der Waals surface area contributed by atoms with Gasteiger partial charge in [0.05, 0.1) is 12.7 Å². The molecule has 0 spiro atoms. The number of hydrogen-bond acceptors (Lipinski definition) is 1. The Hall–Kier alpha value is -2.66. The lowest BCUT2D eigenvalue weighted by Crippen LogP contribution is -2.21. The molecule has 38 heavy (non-hydrogen) atoms. The van der Waals surface area contributed by atoms with E-state index < -0.39 is 29.4 Å². The Morgan fingerprint density at radius 1 is 0.658 bits per heavy atom. The van der Waals surface area contributed by atoms with Crippen molar-refractivity contribution in [2.45, 2.75) is 84.2 Å². The van der Waals surface area contributed by atoms with Crippen molar-refractivity contribution >= 4 is 0 Å². The maximum absolute atomic E-state index is 15.1. The quantitative estimate of drug-likeness (QED) is 0.178. The highest BCUT2D eigenvalue weighted by molar-refractivity contribution is 5.71. The van der Waals surface area contributed by atoms with Gasteiger partial charge in [-0.25, -0.2) is 17.6 Å². The van der Waals surface area contributed by atoms with Crippen molar-refractivity contribution in [1.82, 2.24) is 0 Å². The molecule has 0 radical (unpaired) electrons. The van der Waals surface area contributed by atoms with Crippen LogP contribution < -0.4 is 0 Å². The third-order valence-corrected chi connectivity index (χ3v) is 7.75. The molecule has 0 aliphatic carbocycles. The molecule has 3 aromatic carbocycles. The highest BCUT2D eigenvalue weighted by Gasteiger charge is 2.27. The monoisotopic (exact) mass is 526 g/mol. The van der Waals surface area contributed by atoms with Gasteiger partial charge in [0.1, 0.15) is 0 Å². The van der Waals surface area contributed by atoms with Crippen LogP contribution >= 0.6 is 0 Å². The summed E-state index contributed by atoms with van der Waals surface area (Å²) < 4.78 is 65.7. The minimum atomic E-state index is -0.921. The molecule has 0 saturated carbocycles. The third-order valence-electron chi connectivity index (χ3n) is 7.75. The average molecular weight is 527 g/mol. The van der Waals surface area contributed by atoms with Gasteiger partial charge in [-0.05, 0) is 54.7 Å². The molecule has 4 rings (SSSR count). The Balaban J connectivity index is 1.47. The van der Waals surface area contributed by atoms with E-state index >= 15 is 8.78 Å². The Morgan fingerprint density at radius 3 is 1.89 bits per heavy atom. The predicted octanol–water partition coefficient (Wildman–Crippen LogP) is 10.4. The largest absolute Gasteiger partial charge is 0.373 e. The summed E-state index contributed by atoms with van der Waals surface area (Å²) in [5, 5.41) is 0. The van der Waals surface area contributed by atoms with E-state index in [-0.39, 0.29) is 16.7 Å². The van der Waals surface area contributed by atoms with Crippen LogP contribution in [0, 0.1) is 29.2 Å². The first-order valence-corrected chi connectivity index (χ1v) is 14.1. The first-order chi connectivity index (χ1) is 18.4. The zero-order valence-electron chi connectivity index (χ0n) is 22.5. The topological polar surface area (TPSA) is 9.23 Å². The number of benzene rings is 3. The van der Waals surface area contributed by atoms with E-state index in [1.54, 1.807) is 48.5 Å². The molecule has 1 aliphatic heterocycles. The summed E-state index contributed by atoms with van der Waals surface area (Å²) in [5.74, 6) is -3.01. The van der Waals surface area contributed by atoms with Crippen LogP contribution in [-0.2, 0) is 11.2 Å². The lowest BCUT2D eigenvalue weighted by molar-refractivity contribution is -0.0214. The van der Waals surface area contributed by atoms with Crippen LogP contribution in [0.2, 0.25) is 0 Å². The van der Waals surface area contributed by atoms with Crippen LogP contribution in [0.15, 0.2) is 48.5 Å². The van der Waals surface area contributed by atoms with Crippen molar-refractivity contribution in [1.29, 1.82) is 0 Å². The molecule has 2 atom stereocenters. The van der Waals surface area contributed by atoms with Crippen molar-refractivity contribution in [2.75, 3.05) is 6.61 Å².